The summed E-state index contributed by atoms with van der Waals surface area (Å²) >= 11 is 0. The molecule has 0 spiro atoms. The fraction of sp³-hybridized carbons (Fsp3) is 0.286. The number of aryl methyl sites for hydroxylation is 4. The molecule has 1 heterocycles. The number of aromatic nitrogens is 1. The molecule has 0 aliphatic heterocycles. The lowest BCUT2D eigenvalue weighted by Crippen LogP contribution is -2.03. The van der Waals surface area contributed by atoms with E-state index in [1.807, 2.05) is 6.07 Å². The third-order valence-corrected chi connectivity index (χ3v) is 4.43. The van der Waals surface area contributed by atoms with Crippen molar-refractivity contribution in [3.8, 4) is 11.3 Å². The monoisotopic (exact) mass is 304 g/mol. The van der Waals surface area contributed by atoms with Gasteiger partial charge in [0.05, 0.1) is 11.4 Å². The van der Waals surface area contributed by atoms with E-state index in [2.05, 4.69) is 58.0 Å². The summed E-state index contributed by atoms with van der Waals surface area (Å²) in [6.07, 6.45) is 2.05. The zero-order valence-electron chi connectivity index (χ0n) is 14.4. The van der Waals surface area contributed by atoms with Gasteiger partial charge >= 0.3 is 0 Å². The van der Waals surface area contributed by atoms with Crippen molar-refractivity contribution >= 4 is 16.5 Å². The van der Waals surface area contributed by atoms with Crippen LogP contribution in [0.3, 0.4) is 0 Å². The second kappa shape index (κ2) is 6.04. The van der Waals surface area contributed by atoms with E-state index >= 15 is 0 Å². The Labute approximate surface area is 138 Å². The third kappa shape index (κ3) is 2.70. The normalized spacial score (nSPS) is 11.1. The number of nitrogen functional groups attached to an aromatic ring is 1. The summed E-state index contributed by atoms with van der Waals surface area (Å²) in [6, 6.07) is 12.8. The zero-order valence-corrected chi connectivity index (χ0v) is 14.4. The summed E-state index contributed by atoms with van der Waals surface area (Å²) in [7, 11) is 0. The minimum absolute atomic E-state index is 0.788. The van der Waals surface area contributed by atoms with Gasteiger partial charge in [0.25, 0.3) is 0 Å². The number of nitrogens with two attached hydrogens (primary N) is 1. The molecule has 2 nitrogen and oxygen atoms in total. The SMILES string of the molecule is CCCc1nc(-c2c(C)cc(C)cc2C)c(N)c2ccccc12. The van der Waals surface area contributed by atoms with Gasteiger partial charge < -0.3 is 5.73 Å². The van der Waals surface area contributed by atoms with E-state index in [4.69, 9.17) is 10.7 Å². The van der Waals surface area contributed by atoms with Crippen LogP contribution >= 0.6 is 0 Å². The fourth-order valence-corrected chi connectivity index (χ4v) is 3.52. The van der Waals surface area contributed by atoms with Crippen molar-refractivity contribution < 1.29 is 0 Å². The van der Waals surface area contributed by atoms with Gasteiger partial charge in [0.1, 0.15) is 0 Å². The van der Waals surface area contributed by atoms with Crippen molar-refractivity contribution in [3.05, 3.63) is 58.8 Å². The molecule has 0 fully saturated rings. The predicted molar refractivity (Wildman–Crippen MR) is 99.8 cm³/mol. The molecule has 0 atom stereocenters. The van der Waals surface area contributed by atoms with Crippen LogP contribution in [0.1, 0.15) is 35.7 Å². The summed E-state index contributed by atoms with van der Waals surface area (Å²) in [5.74, 6) is 0. The second-order valence-corrected chi connectivity index (χ2v) is 6.39. The molecule has 2 N–H and O–H groups in total. The van der Waals surface area contributed by atoms with Gasteiger partial charge in [0, 0.05) is 22.0 Å². The molecule has 0 amide bonds. The van der Waals surface area contributed by atoms with E-state index < -0.39 is 0 Å². The highest BCUT2D eigenvalue weighted by molar-refractivity contribution is 6.00. The Hall–Kier alpha value is -2.35. The van der Waals surface area contributed by atoms with Crippen molar-refractivity contribution in [2.24, 2.45) is 0 Å². The summed E-state index contributed by atoms with van der Waals surface area (Å²) in [6.45, 7) is 8.61. The van der Waals surface area contributed by atoms with Crippen LogP contribution in [0.15, 0.2) is 36.4 Å². The van der Waals surface area contributed by atoms with Crippen LogP contribution in [0.4, 0.5) is 5.69 Å². The minimum atomic E-state index is 0.788. The molecule has 0 aliphatic rings. The molecule has 2 aromatic carbocycles. The van der Waals surface area contributed by atoms with Crippen molar-refractivity contribution in [2.75, 3.05) is 5.73 Å². The third-order valence-electron chi connectivity index (χ3n) is 4.43. The maximum Gasteiger partial charge on any atom is 0.0946 e. The lowest BCUT2D eigenvalue weighted by atomic mass is 9.94. The van der Waals surface area contributed by atoms with Crippen LogP contribution in [-0.4, -0.2) is 4.98 Å². The van der Waals surface area contributed by atoms with Gasteiger partial charge in [-0.05, 0) is 38.3 Å². The minimum Gasteiger partial charge on any atom is -0.396 e. The zero-order chi connectivity index (χ0) is 16.6. The number of hydrogen-bond donors (Lipinski definition) is 1. The number of anilines is 1. The quantitative estimate of drug-likeness (QED) is 0.707. The number of pyridine rings is 1. The molecular weight excluding hydrogens is 280 g/mol. The van der Waals surface area contributed by atoms with Crippen LogP contribution in [-0.2, 0) is 6.42 Å². The molecule has 23 heavy (non-hydrogen) atoms. The molecule has 1 aromatic heterocycles. The van der Waals surface area contributed by atoms with E-state index in [0.717, 1.165) is 35.3 Å². The van der Waals surface area contributed by atoms with Crippen LogP contribution in [0, 0.1) is 20.8 Å². The first-order chi connectivity index (χ1) is 11.0. The van der Waals surface area contributed by atoms with Crippen LogP contribution in [0.25, 0.3) is 22.0 Å². The first kappa shape index (κ1) is 15.5. The Kier molecular flexibility index (Phi) is 4.08. The van der Waals surface area contributed by atoms with E-state index in [9.17, 15) is 0 Å². The summed E-state index contributed by atoms with van der Waals surface area (Å²) < 4.78 is 0. The maximum absolute atomic E-state index is 6.53. The highest BCUT2D eigenvalue weighted by Crippen LogP contribution is 2.36. The van der Waals surface area contributed by atoms with Gasteiger partial charge in [0.2, 0.25) is 0 Å². The largest absolute Gasteiger partial charge is 0.396 e. The van der Waals surface area contributed by atoms with Crippen molar-refractivity contribution in [2.45, 2.75) is 40.5 Å². The van der Waals surface area contributed by atoms with E-state index in [-0.39, 0.29) is 0 Å². The summed E-state index contributed by atoms with van der Waals surface area (Å²) in [5, 5.41) is 2.29. The topological polar surface area (TPSA) is 38.9 Å². The molecule has 0 bridgehead atoms. The fourth-order valence-electron chi connectivity index (χ4n) is 3.52. The Morgan fingerprint density at radius 2 is 1.57 bits per heavy atom. The lowest BCUT2D eigenvalue weighted by Gasteiger charge is -2.17. The smallest absolute Gasteiger partial charge is 0.0946 e. The van der Waals surface area contributed by atoms with Crippen molar-refractivity contribution in [1.82, 2.24) is 4.98 Å². The van der Waals surface area contributed by atoms with Gasteiger partial charge in [-0.15, -0.1) is 0 Å². The Morgan fingerprint density at radius 3 is 2.17 bits per heavy atom. The molecule has 3 aromatic rings. The molecule has 118 valence electrons. The Morgan fingerprint density at radius 1 is 0.957 bits per heavy atom. The number of rotatable bonds is 3. The van der Waals surface area contributed by atoms with E-state index in [1.165, 1.54) is 27.6 Å². The van der Waals surface area contributed by atoms with Gasteiger partial charge in [-0.2, -0.15) is 0 Å². The molecular formula is C21H24N2. The van der Waals surface area contributed by atoms with Crippen molar-refractivity contribution in [1.29, 1.82) is 0 Å². The lowest BCUT2D eigenvalue weighted by molar-refractivity contribution is 0.894. The second-order valence-electron chi connectivity index (χ2n) is 6.39. The van der Waals surface area contributed by atoms with Crippen LogP contribution in [0.2, 0.25) is 0 Å². The molecule has 0 aliphatic carbocycles. The highest BCUT2D eigenvalue weighted by atomic mass is 14.8. The molecule has 0 saturated heterocycles. The van der Waals surface area contributed by atoms with E-state index in [0.29, 0.717) is 0 Å². The van der Waals surface area contributed by atoms with Crippen LogP contribution < -0.4 is 5.73 Å². The average molecular weight is 304 g/mol. The number of nitrogens with zero attached hydrogens (tertiary/aromatic N) is 1. The average Bonchev–Trinajstić information content (AvgIpc) is 2.51. The molecule has 0 radical (unpaired) electrons. The van der Waals surface area contributed by atoms with Crippen molar-refractivity contribution in [3.63, 3.8) is 0 Å². The Bertz CT molecular complexity index is 855. The first-order valence-corrected chi connectivity index (χ1v) is 8.28. The number of hydrogen-bond acceptors (Lipinski definition) is 2. The Balaban J connectivity index is 2.37. The highest BCUT2D eigenvalue weighted by Gasteiger charge is 2.16. The van der Waals surface area contributed by atoms with Crippen LogP contribution in [0.5, 0.6) is 0 Å². The standard InChI is InChI=1S/C21H24N2/c1-5-8-18-16-9-6-7-10-17(16)20(22)21(23-18)19-14(3)11-13(2)12-15(19)4/h6-7,9-12H,5,8,22H2,1-4H3. The molecule has 0 unspecified atom stereocenters. The van der Waals surface area contributed by atoms with Gasteiger partial charge in [-0.3, -0.25) is 0 Å². The van der Waals surface area contributed by atoms with Gasteiger partial charge in [0.15, 0.2) is 0 Å². The maximum atomic E-state index is 6.53. The summed E-state index contributed by atoms with van der Waals surface area (Å²) in [5.41, 5.74) is 14.3. The first-order valence-electron chi connectivity index (χ1n) is 8.28. The number of benzene rings is 2. The summed E-state index contributed by atoms with van der Waals surface area (Å²) in [4.78, 5) is 4.99. The predicted octanol–water partition coefficient (Wildman–Crippen LogP) is 5.36. The molecule has 0 saturated carbocycles. The van der Waals surface area contributed by atoms with Gasteiger partial charge in [-0.1, -0.05) is 55.3 Å². The number of fused-ring (bicyclic) bond motifs is 1. The van der Waals surface area contributed by atoms with Gasteiger partial charge in [-0.25, -0.2) is 4.98 Å². The van der Waals surface area contributed by atoms with E-state index in [1.54, 1.807) is 0 Å². The molecule has 2 heteroatoms. The molecule has 3 rings (SSSR count).